The zero-order valence-corrected chi connectivity index (χ0v) is 13.4. The number of benzene rings is 1. The number of hydrogen-bond acceptors (Lipinski definition) is 5. The number of nitrogens with one attached hydrogen (secondary N) is 3. The molecule has 4 rings (SSSR count). The van der Waals surface area contributed by atoms with Gasteiger partial charge < -0.3 is 15.7 Å². The van der Waals surface area contributed by atoms with Crippen LogP contribution < -0.4 is 10.6 Å². The van der Waals surface area contributed by atoms with Gasteiger partial charge in [0.05, 0.1) is 5.52 Å². The number of aromatic amines is 1. The first-order valence-electron chi connectivity index (χ1n) is 7.81. The van der Waals surface area contributed by atoms with Gasteiger partial charge in [0.15, 0.2) is 0 Å². The third-order valence-corrected chi connectivity index (χ3v) is 4.52. The third kappa shape index (κ3) is 3.77. The van der Waals surface area contributed by atoms with Crippen molar-refractivity contribution >= 4 is 22.9 Å². The second kappa shape index (κ2) is 6.56. The maximum absolute atomic E-state index is 12.1. The van der Waals surface area contributed by atoms with E-state index in [1.807, 2.05) is 6.07 Å². The summed E-state index contributed by atoms with van der Waals surface area (Å²) in [6.45, 7) is 2.20. The van der Waals surface area contributed by atoms with Crippen molar-refractivity contribution < 1.29 is 27.9 Å². The van der Waals surface area contributed by atoms with Gasteiger partial charge in [0.25, 0.3) is 5.91 Å². The summed E-state index contributed by atoms with van der Waals surface area (Å²) in [4.78, 5) is 21.0. The zero-order valence-electron chi connectivity index (χ0n) is 13.4. The molecule has 1 spiro atoms. The topological polar surface area (TPSA) is 120 Å². The van der Waals surface area contributed by atoms with Crippen molar-refractivity contribution in [2.75, 3.05) is 13.1 Å². The number of H-pyrrole nitrogens is 1. The number of nitrogens with zero attached hydrogens (tertiary/aromatic N) is 2. The van der Waals surface area contributed by atoms with E-state index in [-0.39, 0.29) is 5.91 Å². The van der Waals surface area contributed by atoms with Crippen LogP contribution in [0.4, 0.5) is 13.2 Å². The lowest BCUT2D eigenvalue weighted by atomic mass is 9.61. The number of carbonyl (C=O) groups excluding carboxylic acids is 1. The van der Waals surface area contributed by atoms with Crippen LogP contribution in [-0.2, 0) is 4.79 Å². The van der Waals surface area contributed by atoms with E-state index >= 15 is 0 Å². The summed E-state index contributed by atoms with van der Waals surface area (Å²) < 4.78 is 31.7. The minimum Gasteiger partial charge on any atom is -0.475 e. The van der Waals surface area contributed by atoms with E-state index in [2.05, 4.69) is 26.0 Å². The van der Waals surface area contributed by atoms with Gasteiger partial charge in [-0.25, -0.2) is 4.79 Å². The Morgan fingerprint density at radius 1 is 1.27 bits per heavy atom. The highest BCUT2D eigenvalue weighted by molar-refractivity contribution is 5.97. The molecule has 1 aromatic heterocycles. The number of fused-ring (bicyclic) bond motifs is 1. The van der Waals surface area contributed by atoms with E-state index in [0.29, 0.717) is 17.0 Å². The predicted molar refractivity (Wildman–Crippen MR) is 83.4 cm³/mol. The van der Waals surface area contributed by atoms with Gasteiger partial charge in [0.2, 0.25) is 0 Å². The van der Waals surface area contributed by atoms with Crippen LogP contribution in [0.25, 0.3) is 11.0 Å². The Morgan fingerprint density at radius 3 is 2.46 bits per heavy atom. The van der Waals surface area contributed by atoms with E-state index in [9.17, 15) is 18.0 Å². The fourth-order valence-corrected chi connectivity index (χ4v) is 3.11. The maximum Gasteiger partial charge on any atom is 0.490 e. The molecular weight excluding hydrogens is 355 g/mol. The monoisotopic (exact) mass is 371 g/mol. The van der Waals surface area contributed by atoms with Gasteiger partial charge in [-0.1, -0.05) is 5.21 Å². The van der Waals surface area contributed by atoms with Crippen LogP contribution in [0.1, 0.15) is 23.2 Å². The number of halogens is 3. The fourth-order valence-electron chi connectivity index (χ4n) is 3.11. The Morgan fingerprint density at radius 2 is 1.92 bits per heavy atom. The van der Waals surface area contributed by atoms with E-state index < -0.39 is 12.1 Å². The Hall–Kier alpha value is -2.69. The van der Waals surface area contributed by atoms with E-state index in [1.165, 1.54) is 0 Å². The molecule has 2 aromatic rings. The lowest BCUT2D eigenvalue weighted by Gasteiger charge is -2.54. The summed E-state index contributed by atoms with van der Waals surface area (Å²) in [5.41, 5.74) is 2.70. The van der Waals surface area contributed by atoms with Gasteiger partial charge >= 0.3 is 12.1 Å². The highest BCUT2D eigenvalue weighted by Crippen LogP contribution is 2.44. The third-order valence-electron chi connectivity index (χ3n) is 4.52. The van der Waals surface area contributed by atoms with Gasteiger partial charge in [-0.2, -0.15) is 13.2 Å². The quantitative estimate of drug-likeness (QED) is 0.627. The molecule has 0 bridgehead atoms. The molecule has 4 N–H and O–H groups in total. The average Bonchev–Trinajstić information content (AvgIpc) is 2.95. The largest absolute Gasteiger partial charge is 0.490 e. The Balaban J connectivity index is 0.000000242. The number of aliphatic carboxylic acids is 1. The van der Waals surface area contributed by atoms with Crippen molar-refractivity contribution in [3.63, 3.8) is 0 Å². The molecule has 0 atom stereocenters. The van der Waals surface area contributed by atoms with E-state index in [1.54, 1.807) is 12.1 Å². The van der Waals surface area contributed by atoms with Crippen molar-refractivity contribution in [2.24, 2.45) is 5.41 Å². The second-order valence-electron chi connectivity index (χ2n) is 6.53. The zero-order chi connectivity index (χ0) is 18.9. The summed E-state index contributed by atoms with van der Waals surface area (Å²) in [6, 6.07) is 5.73. The molecule has 2 heterocycles. The molecule has 1 amide bonds. The van der Waals surface area contributed by atoms with Crippen molar-refractivity contribution in [1.29, 1.82) is 0 Å². The molecule has 1 saturated carbocycles. The summed E-state index contributed by atoms with van der Waals surface area (Å²) in [6.07, 6.45) is -2.89. The highest BCUT2D eigenvalue weighted by Gasteiger charge is 2.48. The van der Waals surface area contributed by atoms with Crippen molar-refractivity contribution in [3.8, 4) is 0 Å². The van der Waals surface area contributed by atoms with Crippen molar-refractivity contribution in [2.45, 2.75) is 25.1 Å². The second-order valence-corrected chi connectivity index (χ2v) is 6.53. The molecule has 1 aliphatic carbocycles. The SMILES string of the molecule is O=C(NC1CC2(CNC2)C1)c1ccc2[nH]nnc2c1.O=C(O)C(F)(F)F. The lowest BCUT2D eigenvalue weighted by molar-refractivity contribution is -0.192. The molecular formula is C15H16F3N5O3. The van der Waals surface area contributed by atoms with Crippen LogP contribution in [0, 0.1) is 5.41 Å². The molecule has 0 radical (unpaired) electrons. The first-order valence-corrected chi connectivity index (χ1v) is 7.81. The number of rotatable bonds is 2. The molecule has 2 fully saturated rings. The van der Waals surface area contributed by atoms with Crippen LogP contribution in [0.5, 0.6) is 0 Å². The first-order chi connectivity index (χ1) is 12.2. The predicted octanol–water partition coefficient (Wildman–Crippen LogP) is 1.07. The fraction of sp³-hybridized carbons (Fsp3) is 0.467. The van der Waals surface area contributed by atoms with Gasteiger partial charge in [-0.15, -0.1) is 5.10 Å². The van der Waals surface area contributed by atoms with Gasteiger partial charge in [-0.05, 0) is 36.5 Å². The lowest BCUT2D eigenvalue weighted by Crippen LogP contribution is -2.65. The number of hydrogen-bond donors (Lipinski definition) is 4. The van der Waals surface area contributed by atoms with Crippen LogP contribution >= 0.6 is 0 Å². The minimum atomic E-state index is -5.08. The molecule has 1 saturated heterocycles. The first kappa shape index (κ1) is 18.1. The average molecular weight is 371 g/mol. The van der Waals surface area contributed by atoms with Gasteiger partial charge in [-0.3, -0.25) is 9.89 Å². The summed E-state index contributed by atoms with van der Waals surface area (Å²) in [5, 5.41) is 23.9. The summed E-state index contributed by atoms with van der Waals surface area (Å²) in [5.74, 6) is -2.77. The molecule has 26 heavy (non-hydrogen) atoms. The summed E-state index contributed by atoms with van der Waals surface area (Å²) in [7, 11) is 0. The number of alkyl halides is 3. The molecule has 2 aliphatic rings. The smallest absolute Gasteiger partial charge is 0.475 e. The Labute approximate surface area is 145 Å². The number of aromatic nitrogens is 3. The molecule has 11 heteroatoms. The molecule has 1 aromatic carbocycles. The normalized spacial score (nSPS) is 18.4. The number of carboxylic acids is 1. The van der Waals surface area contributed by atoms with Crippen molar-refractivity contribution in [3.05, 3.63) is 23.8 Å². The Kier molecular flexibility index (Phi) is 4.57. The number of carbonyl (C=O) groups is 2. The molecule has 140 valence electrons. The number of amides is 1. The summed E-state index contributed by atoms with van der Waals surface area (Å²) >= 11 is 0. The van der Waals surface area contributed by atoms with Crippen LogP contribution in [0.2, 0.25) is 0 Å². The highest BCUT2D eigenvalue weighted by atomic mass is 19.4. The van der Waals surface area contributed by atoms with Crippen LogP contribution in [0.15, 0.2) is 18.2 Å². The minimum absolute atomic E-state index is 0.0166. The van der Waals surface area contributed by atoms with E-state index in [0.717, 1.165) is 37.0 Å². The molecule has 0 unspecified atom stereocenters. The van der Waals surface area contributed by atoms with Crippen molar-refractivity contribution in [1.82, 2.24) is 26.0 Å². The number of carboxylic acid groups (broad SMARTS) is 1. The molecule has 1 aliphatic heterocycles. The van der Waals surface area contributed by atoms with Crippen LogP contribution in [-0.4, -0.2) is 57.7 Å². The molecule has 8 nitrogen and oxygen atoms in total. The van der Waals surface area contributed by atoms with E-state index in [4.69, 9.17) is 9.90 Å². The van der Waals surface area contributed by atoms with Gasteiger partial charge in [0.1, 0.15) is 5.52 Å². The van der Waals surface area contributed by atoms with Gasteiger partial charge in [0, 0.05) is 24.7 Å². The standard InChI is InChI=1S/C13H15N5O.C2HF3O2/c19-12(15-9-4-13(5-9)6-14-7-13)8-1-2-10-11(3-8)17-18-16-10;3-2(4,5)1(6)7/h1-3,9,14H,4-7H2,(H,15,19)(H,16,17,18);(H,6,7). The maximum atomic E-state index is 12.1. The Bertz CT molecular complexity index is 823. The van der Waals surface area contributed by atoms with Crippen LogP contribution in [0.3, 0.4) is 0 Å².